The predicted molar refractivity (Wildman–Crippen MR) is 112 cm³/mol. The average molecular weight is 393 g/mol. The van der Waals surface area contributed by atoms with Gasteiger partial charge in [0.25, 0.3) is 0 Å². The van der Waals surface area contributed by atoms with Gasteiger partial charge in [-0.05, 0) is 55.5 Å². The predicted octanol–water partition coefficient (Wildman–Crippen LogP) is 5.66. The first-order valence-electron chi connectivity index (χ1n) is 9.89. The second-order valence-electron chi connectivity index (χ2n) is 7.42. The van der Waals surface area contributed by atoms with Crippen molar-refractivity contribution >= 4 is 22.4 Å². The minimum absolute atomic E-state index is 0.0373. The number of methoxy groups -OCH3 is 1. The summed E-state index contributed by atoms with van der Waals surface area (Å²) in [5, 5.41) is 0.894. The number of carbonyl (C=O) groups is 1. The molecule has 0 unspecified atom stereocenters. The van der Waals surface area contributed by atoms with Crippen LogP contribution in [0.3, 0.4) is 0 Å². The van der Waals surface area contributed by atoms with Crippen molar-refractivity contribution in [1.82, 2.24) is 4.90 Å². The van der Waals surface area contributed by atoms with Gasteiger partial charge in [-0.25, -0.2) is 4.39 Å². The number of nitrogens with zero attached hydrogens (tertiary/aromatic N) is 1. The molecule has 1 fully saturated rings. The standard InChI is InChI=1S/C24H24FNO3/c1-16(12-24(27)26-10-4-3-5-11-26)19-13-20-21(17-6-8-18(25)9-7-17)15-29-23(20)14-22(19)28-2/h6-9,12-15H,3-5,10-11H2,1-2H3/b16-12+. The fraction of sp³-hybridized carbons (Fsp3) is 0.292. The summed E-state index contributed by atoms with van der Waals surface area (Å²) in [6, 6.07) is 10.1. The molecule has 3 aromatic rings. The van der Waals surface area contributed by atoms with E-state index in [0.717, 1.165) is 53.6 Å². The third-order valence-corrected chi connectivity index (χ3v) is 5.48. The molecule has 1 aliphatic heterocycles. The van der Waals surface area contributed by atoms with E-state index in [1.807, 2.05) is 24.0 Å². The third kappa shape index (κ3) is 3.90. The van der Waals surface area contributed by atoms with Crippen LogP contribution in [0.5, 0.6) is 5.75 Å². The number of carbonyl (C=O) groups excluding carboxylic acids is 1. The lowest BCUT2D eigenvalue weighted by atomic mass is 9.99. The quantitative estimate of drug-likeness (QED) is 0.537. The van der Waals surface area contributed by atoms with Crippen LogP contribution in [0.1, 0.15) is 31.7 Å². The fourth-order valence-electron chi connectivity index (χ4n) is 3.85. The van der Waals surface area contributed by atoms with Gasteiger partial charge in [-0.2, -0.15) is 0 Å². The van der Waals surface area contributed by atoms with E-state index in [4.69, 9.17) is 9.15 Å². The van der Waals surface area contributed by atoms with Gasteiger partial charge in [-0.3, -0.25) is 4.79 Å². The molecule has 0 atom stereocenters. The first-order valence-corrected chi connectivity index (χ1v) is 9.89. The van der Waals surface area contributed by atoms with Crippen molar-refractivity contribution < 1.29 is 18.3 Å². The van der Waals surface area contributed by atoms with Crippen molar-refractivity contribution in [2.45, 2.75) is 26.2 Å². The minimum Gasteiger partial charge on any atom is -0.496 e. The second-order valence-corrected chi connectivity index (χ2v) is 7.42. The Labute approximate surface area is 169 Å². The minimum atomic E-state index is -0.279. The highest BCUT2D eigenvalue weighted by atomic mass is 19.1. The Morgan fingerprint density at radius 3 is 2.55 bits per heavy atom. The lowest BCUT2D eigenvalue weighted by Crippen LogP contribution is -2.34. The number of allylic oxidation sites excluding steroid dienone is 1. The summed E-state index contributed by atoms with van der Waals surface area (Å²) in [6.45, 7) is 3.55. The van der Waals surface area contributed by atoms with Crippen molar-refractivity contribution in [1.29, 1.82) is 0 Å². The highest BCUT2D eigenvalue weighted by molar-refractivity contribution is 6.00. The van der Waals surface area contributed by atoms with Gasteiger partial charge in [0.2, 0.25) is 5.91 Å². The highest BCUT2D eigenvalue weighted by Gasteiger charge is 2.18. The number of likely N-dealkylation sites (tertiary alicyclic amines) is 1. The van der Waals surface area contributed by atoms with Gasteiger partial charge in [0.05, 0.1) is 13.4 Å². The van der Waals surface area contributed by atoms with Crippen LogP contribution in [0.2, 0.25) is 0 Å². The third-order valence-electron chi connectivity index (χ3n) is 5.48. The van der Waals surface area contributed by atoms with Crippen molar-refractivity contribution in [2.75, 3.05) is 20.2 Å². The molecule has 5 heteroatoms. The molecule has 29 heavy (non-hydrogen) atoms. The van der Waals surface area contributed by atoms with E-state index >= 15 is 0 Å². The van der Waals surface area contributed by atoms with Gasteiger partial charge in [-0.1, -0.05) is 12.1 Å². The lowest BCUT2D eigenvalue weighted by Gasteiger charge is -2.25. The second kappa shape index (κ2) is 8.11. The molecule has 4 nitrogen and oxygen atoms in total. The molecule has 0 aliphatic carbocycles. The van der Waals surface area contributed by atoms with Gasteiger partial charge in [0, 0.05) is 41.7 Å². The van der Waals surface area contributed by atoms with Crippen molar-refractivity contribution in [2.24, 2.45) is 0 Å². The Morgan fingerprint density at radius 2 is 1.86 bits per heavy atom. The highest BCUT2D eigenvalue weighted by Crippen LogP contribution is 2.37. The topological polar surface area (TPSA) is 42.7 Å². The normalized spacial score (nSPS) is 15.0. The molecule has 1 saturated heterocycles. The van der Waals surface area contributed by atoms with Crippen LogP contribution in [0.15, 0.2) is 53.2 Å². The molecule has 2 aromatic carbocycles. The molecule has 0 saturated carbocycles. The first-order chi connectivity index (χ1) is 14.1. The zero-order valence-electron chi connectivity index (χ0n) is 16.7. The summed E-state index contributed by atoms with van der Waals surface area (Å²) in [5.41, 5.74) is 4.10. The average Bonchev–Trinajstić information content (AvgIpc) is 3.16. The Bertz CT molecular complexity index is 1060. The molecular formula is C24H24FNO3. The van der Waals surface area contributed by atoms with Crippen LogP contribution < -0.4 is 4.74 Å². The number of halogens is 1. The first kappa shape index (κ1) is 19.2. The summed E-state index contributed by atoms with van der Waals surface area (Å²) in [5.74, 6) is 0.409. The Balaban J connectivity index is 1.74. The summed E-state index contributed by atoms with van der Waals surface area (Å²) in [6.07, 6.45) is 6.66. The van der Waals surface area contributed by atoms with E-state index in [9.17, 15) is 9.18 Å². The Kier molecular flexibility index (Phi) is 5.38. The molecule has 4 rings (SSSR count). The van der Waals surface area contributed by atoms with Crippen LogP contribution in [-0.4, -0.2) is 31.0 Å². The van der Waals surface area contributed by atoms with Gasteiger partial charge >= 0.3 is 0 Å². The molecule has 0 radical (unpaired) electrons. The van der Waals surface area contributed by atoms with E-state index in [1.165, 1.54) is 18.6 Å². The van der Waals surface area contributed by atoms with Crippen LogP contribution in [0, 0.1) is 5.82 Å². The summed E-state index contributed by atoms with van der Waals surface area (Å²) in [4.78, 5) is 14.6. The number of hydrogen-bond acceptors (Lipinski definition) is 3. The SMILES string of the molecule is COc1cc2occ(-c3ccc(F)cc3)c2cc1/C(C)=C/C(=O)N1CCCCC1. The Hall–Kier alpha value is -3.08. The molecule has 150 valence electrons. The Morgan fingerprint density at radius 1 is 1.14 bits per heavy atom. The number of rotatable bonds is 4. The van der Waals surface area contributed by atoms with Crippen molar-refractivity contribution in [3.8, 4) is 16.9 Å². The number of hydrogen-bond donors (Lipinski definition) is 0. The maximum absolute atomic E-state index is 13.3. The van der Waals surface area contributed by atoms with Crippen LogP contribution in [0.4, 0.5) is 4.39 Å². The number of piperidine rings is 1. The van der Waals surface area contributed by atoms with Crippen LogP contribution >= 0.6 is 0 Å². The lowest BCUT2D eigenvalue weighted by molar-refractivity contribution is -0.126. The zero-order chi connectivity index (χ0) is 20.4. The number of amides is 1. The zero-order valence-corrected chi connectivity index (χ0v) is 16.7. The van der Waals surface area contributed by atoms with E-state index in [0.29, 0.717) is 11.3 Å². The number of furan rings is 1. The number of fused-ring (bicyclic) bond motifs is 1. The maximum Gasteiger partial charge on any atom is 0.246 e. The molecule has 0 N–H and O–H groups in total. The summed E-state index contributed by atoms with van der Waals surface area (Å²) >= 11 is 0. The smallest absolute Gasteiger partial charge is 0.246 e. The molecular weight excluding hydrogens is 369 g/mol. The molecule has 1 aliphatic rings. The number of benzene rings is 2. The summed E-state index contributed by atoms with van der Waals surface area (Å²) in [7, 11) is 1.61. The van der Waals surface area contributed by atoms with Gasteiger partial charge in [-0.15, -0.1) is 0 Å². The van der Waals surface area contributed by atoms with Crippen molar-refractivity contribution in [3.05, 3.63) is 60.1 Å². The molecule has 2 heterocycles. The fourth-order valence-corrected chi connectivity index (χ4v) is 3.85. The maximum atomic E-state index is 13.3. The molecule has 0 spiro atoms. The monoisotopic (exact) mass is 393 g/mol. The van der Waals surface area contributed by atoms with E-state index in [-0.39, 0.29) is 11.7 Å². The summed E-state index contributed by atoms with van der Waals surface area (Å²) < 4.78 is 24.6. The van der Waals surface area contributed by atoms with Gasteiger partial charge in [0.1, 0.15) is 17.1 Å². The van der Waals surface area contributed by atoms with Crippen LogP contribution in [-0.2, 0) is 4.79 Å². The van der Waals surface area contributed by atoms with Crippen LogP contribution in [0.25, 0.3) is 27.7 Å². The number of ether oxygens (including phenoxy) is 1. The van der Waals surface area contributed by atoms with Gasteiger partial charge in [0.15, 0.2) is 0 Å². The van der Waals surface area contributed by atoms with E-state index < -0.39 is 0 Å². The molecule has 1 aromatic heterocycles. The molecule has 0 bridgehead atoms. The largest absolute Gasteiger partial charge is 0.496 e. The van der Waals surface area contributed by atoms with E-state index in [2.05, 4.69) is 0 Å². The van der Waals surface area contributed by atoms with Crippen molar-refractivity contribution in [3.63, 3.8) is 0 Å². The van der Waals surface area contributed by atoms with E-state index in [1.54, 1.807) is 31.6 Å². The molecule has 1 amide bonds. The van der Waals surface area contributed by atoms with Gasteiger partial charge < -0.3 is 14.1 Å².